The van der Waals surface area contributed by atoms with Gasteiger partial charge in [0.1, 0.15) is 0 Å². The third-order valence-electron chi connectivity index (χ3n) is 2.39. The Labute approximate surface area is 88.0 Å². The molecular formula is C12H11NO2. The van der Waals surface area contributed by atoms with Crippen molar-refractivity contribution < 1.29 is 9.59 Å². The number of carbonyl (C=O) groups excluding carboxylic acids is 2. The van der Waals surface area contributed by atoms with E-state index < -0.39 is 0 Å². The molecule has 1 aliphatic rings. The van der Waals surface area contributed by atoms with Gasteiger partial charge in [-0.15, -0.1) is 0 Å². The van der Waals surface area contributed by atoms with Gasteiger partial charge in [0.2, 0.25) is 0 Å². The Morgan fingerprint density at radius 2 is 1.80 bits per heavy atom. The molecule has 2 amide bonds. The predicted molar refractivity (Wildman–Crippen MR) is 57.3 cm³/mol. The van der Waals surface area contributed by atoms with Crippen LogP contribution in [0.4, 0.5) is 5.69 Å². The van der Waals surface area contributed by atoms with E-state index in [0.29, 0.717) is 17.7 Å². The van der Waals surface area contributed by atoms with Crippen LogP contribution in [0.25, 0.3) is 0 Å². The van der Waals surface area contributed by atoms with Crippen molar-refractivity contribution in [1.82, 2.24) is 0 Å². The Hall–Kier alpha value is -1.90. The minimum atomic E-state index is -0.247. The number of carbonyl (C=O) groups is 2. The minimum Gasteiger partial charge on any atom is -0.269 e. The molecule has 0 fully saturated rings. The van der Waals surface area contributed by atoms with Crippen molar-refractivity contribution in [2.24, 2.45) is 0 Å². The van der Waals surface area contributed by atoms with E-state index in [4.69, 9.17) is 0 Å². The largest absolute Gasteiger partial charge is 0.269 e. The van der Waals surface area contributed by atoms with Gasteiger partial charge in [0, 0.05) is 11.6 Å². The quantitative estimate of drug-likeness (QED) is 0.685. The molecule has 0 aliphatic carbocycles. The molecule has 1 heterocycles. The Morgan fingerprint density at radius 3 is 2.33 bits per heavy atom. The van der Waals surface area contributed by atoms with Crippen LogP contribution in [0.1, 0.15) is 13.3 Å². The van der Waals surface area contributed by atoms with Crippen molar-refractivity contribution in [2.45, 2.75) is 13.3 Å². The maximum absolute atomic E-state index is 11.8. The first kappa shape index (κ1) is 9.65. The molecule has 15 heavy (non-hydrogen) atoms. The van der Waals surface area contributed by atoms with Crippen molar-refractivity contribution in [1.29, 1.82) is 0 Å². The molecule has 0 aromatic heterocycles. The first-order valence-electron chi connectivity index (χ1n) is 4.88. The molecule has 0 radical (unpaired) electrons. The van der Waals surface area contributed by atoms with Gasteiger partial charge in [-0.25, -0.2) is 4.90 Å². The van der Waals surface area contributed by atoms with Crippen LogP contribution in [0.2, 0.25) is 0 Å². The van der Waals surface area contributed by atoms with Gasteiger partial charge >= 0.3 is 0 Å². The van der Waals surface area contributed by atoms with Gasteiger partial charge in [-0.1, -0.05) is 25.1 Å². The summed E-state index contributed by atoms with van der Waals surface area (Å²) in [6.45, 7) is 1.87. The van der Waals surface area contributed by atoms with Crippen LogP contribution in [-0.2, 0) is 9.59 Å². The molecule has 0 atom stereocenters. The van der Waals surface area contributed by atoms with E-state index in [9.17, 15) is 9.59 Å². The van der Waals surface area contributed by atoms with Crippen molar-refractivity contribution >= 4 is 17.5 Å². The second-order valence-corrected chi connectivity index (χ2v) is 3.34. The van der Waals surface area contributed by atoms with Crippen molar-refractivity contribution in [3.8, 4) is 0 Å². The van der Waals surface area contributed by atoms with Gasteiger partial charge in [0.05, 0.1) is 5.69 Å². The van der Waals surface area contributed by atoms with Crippen molar-refractivity contribution in [3.63, 3.8) is 0 Å². The highest BCUT2D eigenvalue weighted by Gasteiger charge is 2.30. The van der Waals surface area contributed by atoms with E-state index in [1.54, 1.807) is 24.3 Å². The van der Waals surface area contributed by atoms with Gasteiger partial charge in [-0.05, 0) is 18.6 Å². The summed E-state index contributed by atoms with van der Waals surface area (Å²) in [7, 11) is 0. The fourth-order valence-corrected chi connectivity index (χ4v) is 1.59. The van der Waals surface area contributed by atoms with E-state index in [2.05, 4.69) is 0 Å². The molecule has 0 N–H and O–H groups in total. The third-order valence-corrected chi connectivity index (χ3v) is 2.39. The van der Waals surface area contributed by atoms with E-state index in [-0.39, 0.29) is 11.8 Å². The van der Waals surface area contributed by atoms with E-state index in [1.807, 2.05) is 13.0 Å². The Kier molecular flexibility index (Phi) is 2.37. The van der Waals surface area contributed by atoms with Crippen LogP contribution < -0.4 is 4.90 Å². The number of amides is 2. The van der Waals surface area contributed by atoms with Crippen LogP contribution in [0, 0.1) is 0 Å². The fourth-order valence-electron chi connectivity index (χ4n) is 1.59. The number of anilines is 1. The van der Waals surface area contributed by atoms with Crippen LogP contribution in [0.5, 0.6) is 0 Å². The number of rotatable bonds is 2. The lowest BCUT2D eigenvalue weighted by atomic mass is 10.2. The van der Waals surface area contributed by atoms with E-state index in [1.165, 1.54) is 11.0 Å². The SMILES string of the molecule is CCC1=CC(=O)N(c2ccccc2)C1=O. The molecule has 76 valence electrons. The lowest BCUT2D eigenvalue weighted by Crippen LogP contribution is -2.30. The highest BCUT2D eigenvalue weighted by molar-refractivity contribution is 6.30. The summed E-state index contributed by atoms with van der Waals surface area (Å²) in [6, 6.07) is 8.97. The first-order valence-corrected chi connectivity index (χ1v) is 4.88. The zero-order valence-corrected chi connectivity index (χ0v) is 8.43. The Morgan fingerprint density at radius 1 is 1.13 bits per heavy atom. The lowest BCUT2D eigenvalue weighted by Gasteiger charge is -2.14. The summed E-state index contributed by atoms with van der Waals surface area (Å²) in [5.41, 5.74) is 1.20. The summed E-state index contributed by atoms with van der Waals surface area (Å²) in [5, 5.41) is 0. The molecule has 1 aliphatic heterocycles. The number of para-hydroxylation sites is 1. The summed E-state index contributed by atoms with van der Waals surface area (Å²) < 4.78 is 0. The number of imide groups is 1. The standard InChI is InChI=1S/C12H11NO2/c1-2-9-8-11(14)13(12(9)15)10-6-4-3-5-7-10/h3-8H,2H2,1H3. The minimum absolute atomic E-state index is 0.200. The first-order chi connectivity index (χ1) is 7.24. The fraction of sp³-hybridized carbons (Fsp3) is 0.167. The molecular weight excluding hydrogens is 190 g/mol. The van der Waals surface area contributed by atoms with E-state index >= 15 is 0 Å². The zero-order valence-electron chi connectivity index (χ0n) is 8.43. The van der Waals surface area contributed by atoms with Crippen LogP contribution >= 0.6 is 0 Å². The second kappa shape index (κ2) is 3.69. The average molecular weight is 201 g/mol. The van der Waals surface area contributed by atoms with Crippen molar-refractivity contribution in [2.75, 3.05) is 4.90 Å². The highest BCUT2D eigenvalue weighted by Crippen LogP contribution is 2.23. The molecule has 0 bridgehead atoms. The lowest BCUT2D eigenvalue weighted by molar-refractivity contribution is -0.120. The normalized spacial score (nSPS) is 15.8. The second-order valence-electron chi connectivity index (χ2n) is 3.34. The van der Waals surface area contributed by atoms with E-state index in [0.717, 1.165) is 0 Å². The monoisotopic (exact) mass is 201 g/mol. The number of hydrogen-bond acceptors (Lipinski definition) is 2. The Bertz CT molecular complexity index is 434. The average Bonchev–Trinajstić information content (AvgIpc) is 2.55. The molecule has 0 saturated carbocycles. The summed E-state index contributed by atoms with van der Waals surface area (Å²) >= 11 is 0. The van der Waals surface area contributed by atoms with Gasteiger partial charge < -0.3 is 0 Å². The summed E-state index contributed by atoms with van der Waals surface area (Å²) in [6.07, 6.45) is 2.00. The smallest absolute Gasteiger partial charge is 0.261 e. The predicted octanol–water partition coefficient (Wildman–Crippen LogP) is 1.90. The zero-order chi connectivity index (χ0) is 10.8. The van der Waals surface area contributed by atoms with Gasteiger partial charge in [0.25, 0.3) is 11.8 Å². The Balaban J connectivity index is 2.35. The molecule has 0 saturated heterocycles. The molecule has 0 unspecified atom stereocenters. The van der Waals surface area contributed by atoms with Gasteiger partial charge in [-0.3, -0.25) is 9.59 Å². The molecule has 1 aromatic carbocycles. The number of benzene rings is 1. The number of hydrogen-bond donors (Lipinski definition) is 0. The van der Waals surface area contributed by atoms with Crippen LogP contribution in [0.15, 0.2) is 42.0 Å². The molecule has 3 nitrogen and oxygen atoms in total. The molecule has 2 rings (SSSR count). The number of nitrogens with zero attached hydrogens (tertiary/aromatic N) is 1. The van der Waals surface area contributed by atoms with Crippen molar-refractivity contribution in [3.05, 3.63) is 42.0 Å². The highest BCUT2D eigenvalue weighted by atomic mass is 16.2. The summed E-state index contributed by atoms with van der Waals surface area (Å²) in [4.78, 5) is 24.6. The third kappa shape index (κ3) is 1.56. The van der Waals surface area contributed by atoms with Crippen LogP contribution in [-0.4, -0.2) is 11.8 Å². The van der Waals surface area contributed by atoms with Gasteiger partial charge in [-0.2, -0.15) is 0 Å². The topological polar surface area (TPSA) is 37.4 Å². The molecule has 0 spiro atoms. The van der Waals surface area contributed by atoms with Crippen LogP contribution in [0.3, 0.4) is 0 Å². The maximum atomic E-state index is 11.8. The molecule has 1 aromatic rings. The summed E-state index contributed by atoms with van der Waals surface area (Å²) in [5.74, 6) is -0.447. The molecule has 3 heteroatoms. The maximum Gasteiger partial charge on any atom is 0.261 e. The van der Waals surface area contributed by atoms with Gasteiger partial charge in [0.15, 0.2) is 0 Å².